The number of hydrogen-bond donors (Lipinski definition) is 2. The van der Waals surface area contributed by atoms with Gasteiger partial charge in [-0.15, -0.1) is 11.3 Å². The van der Waals surface area contributed by atoms with E-state index < -0.39 is 5.41 Å². The lowest BCUT2D eigenvalue weighted by atomic mass is 9.96. The van der Waals surface area contributed by atoms with E-state index in [2.05, 4.69) is 15.6 Å². The van der Waals surface area contributed by atoms with Crippen LogP contribution in [-0.2, 0) is 9.59 Å². The highest BCUT2D eigenvalue weighted by molar-refractivity contribution is 7.18. The van der Waals surface area contributed by atoms with Gasteiger partial charge in [0.15, 0.2) is 0 Å². The summed E-state index contributed by atoms with van der Waals surface area (Å²) in [5.74, 6) is -0.0421. The summed E-state index contributed by atoms with van der Waals surface area (Å²) in [5.41, 5.74) is 1.34. The Morgan fingerprint density at radius 1 is 1.26 bits per heavy atom. The number of nitrogens with one attached hydrogen (secondary N) is 2. The molecule has 5 nitrogen and oxygen atoms in total. The highest BCUT2D eigenvalue weighted by Crippen LogP contribution is 2.24. The molecule has 0 aliphatic rings. The van der Waals surface area contributed by atoms with Crippen LogP contribution < -0.4 is 10.6 Å². The van der Waals surface area contributed by atoms with Crippen LogP contribution in [0.3, 0.4) is 0 Å². The van der Waals surface area contributed by atoms with E-state index in [1.807, 2.05) is 45.9 Å². The van der Waals surface area contributed by atoms with Gasteiger partial charge in [-0.25, -0.2) is 4.98 Å². The second-order valence-corrected chi connectivity index (χ2v) is 7.81. The molecule has 0 bridgehead atoms. The van der Waals surface area contributed by atoms with E-state index in [1.165, 1.54) is 0 Å². The zero-order chi connectivity index (χ0) is 17.0. The van der Waals surface area contributed by atoms with E-state index in [9.17, 15) is 9.59 Å². The molecule has 2 aromatic rings. The quantitative estimate of drug-likeness (QED) is 0.823. The Bertz CT molecular complexity index is 716. The standard InChI is InChI=1S/C17H23N3O2S/c1-11-19-13-8-7-12(10-14(13)23-11)20-15(21)6-5-9-18-16(22)17(2,3)4/h7-8,10H,5-6,9H2,1-4H3,(H,18,22)(H,20,21). The van der Waals surface area contributed by atoms with Crippen molar-refractivity contribution >= 4 is 39.1 Å². The van der Waals surface area contributed by atoms with E-state index in [0.29, 0.717) is 19.4 Å². The first-order chi connectivity index (χ1) is 10.8. The number of rotatable bonds is 5. The summed E-state index contributed by atoms with van der Waals surface area (Å²) in [7, 11) is 0. The monoisotopic (exact) mass is 333 g/mol. The molecule has 0 unspecified atom stereocenters. The molecule has 0 spiro atoms. The number of carbonyl (C=O) groups excluding carboxylic acids is 2. The van der Waals surface area contributed by atoms with Crippen LogP contribution >= 0.6 is 11.3 Å². The van der Waals surface area contributed by atoms with E-state index in [1.54, 1.807) is 11.3 Å². The van der Waals surface area contributed by atoms with Gasteiger partial charge < -0.3 is 10.6 Å². The van der Waals surface area contributed by atoms with Crippen molar-refractivity contribution in [2.45, 2.75) is 40.5 Å². The third-order valence-corrected chi connectivity index (χ3v) is 4.26. The van der Waals surface area contributed by atoms with Gasteiger partial charge in [0.1, 0.15) is 0 Å². The maximum Gasteiger partial charge on any atom is 0.225 e. The molecule has 0 saturated carbocycles. The number of thiazole rings is 1. The molecule has 0 saturated heterocycles. The van der Waals surface area contributed by atoms with Crippen LogP contribution in [0.25, 0.3) is 10.2 Å². The molecule has 2 N–H and O–H groups in total. The number of aryl methyl sites for hydroxylation is 1. The number of benzene rings is 1. The Hall–Kier alpha value is -1.95. The molecule has 0 fully saturated rings. The van der Waals surface area contributed by atoms with Crippen molar-refractivity contribution in [2.75, 3.05) is 11.9 Å². The van der Waals surface area contributed by atoms with Gasteiger partial charge in [0, 0.05) is 24.1 Å². The van der Waals surface area contributed by atoms with Gasteiger partial charge in [-0.05, 0) is 31.5 Å². The minimum atomic E-state index is -0.398. The summed E-state index contributed by atoms with van der Waals surface area (Å²) < 4.78 is 1.07. The number of nitrogens with zero attached hydrogens (tertiary/aromatic N) is 1. The first kappa shape index (κ1) is 17.4. The summed E-state index contributed by atoms with van der Waals surface area (Å²) in [6.07, 6.45) is 1.000. The summed E-state index contributed by atoms with van der Waals surface area (Å²) in [6.45, 7) is 8.08. The molecule has 0 atom stereocenters. The fourth-order valence-corrected chi connectivity index (χ4v) is 2.92. The summed E-state index contributed by atoms with van der Waals surface area (Å²) in [4.78, 5) is 28.1. The normalized spacial score (nSPS) is 11.5. The van der Waals surface area contributed by atoms with E-state index in [4.69, 9.17) is 0 Å². The molecule has 2 rings (SSSR count). The van der Waals surface area contributed by atoms with Crippen molar-refractivity contribution in [3.63, 3.8) is 0 Å². The molecule has 0 aliphatic heterocycles. The van der Waals surface area contributed by atoms with E-state index in [-0.39, 0.29) is 11.8 Å². The molecule has 1 heterocycles. The zero-order valence-electron chi connectivity index (χ0n) is 14.0. The molecular formula is C17H23N3O2S. The molecule has 124 valence electrons. The van der Waals surface area contributed by atoms with E-state index in [0.717, 1.165) is 20.9 Å². The lowest BCUT2D eigenvalue weighted by Crippen LogP contribution is -2.35. The van der Waals surface area contributed by atoms with Crippen molar-refractivity contribution in [2.24, 2.45) is 5.41 Å². The van der Waals surface area contributed by atoms with Crippen LogP contribution in [0.15, 0.2) is 18.2 Å². The van der Waals surface area contributed by atoms with Crippen molar-refractivity contribution < 1.29 is 9.59 Å². The maximum absolute atomic E-state index is 12.0. The molecule has 6 heteroatoms. The minimum Gasteiger partial charge on any atom is -0.356 e. The molecule has 23 heavy (non-hydrogen) atoms. The fraction of sp³-hybridized carbons (Fsp3) is 0.471. The Morgan fingerprint density at radius 3 is 2.70 bits per heavy atom. The topological polar surface area (TPSA) is 71.1 Å². The van der Waals surface area contributed by atoms with Crippen LogP contribution in [-0.4, -0.2) is 23.3 Å². The Labute approximate surface area is 140 Å². The number of amides is 2. The summed E-state index contributed by atoms with van der Waals surface area (Å²) >= 11 is 1.61. The largest absolute Gasteiger partial charge is 0.356 e. The predicted octanol–water partition coefficient (Wildman–Crippen LogP) is 3.49. The first-order valence-corrected chi connectivity index (χ1v) is 8.53. The van der Waals surface area contributed by atoms with Gasteiger partial charge in [-0.1, -0.05) is 20.8 Å². The molecule has 1 aromatic carbocycles. The van der Waals surface area contributed by atoms with Crippen LogP contribution in [0, 0.1) is 12.3 Å². The number of anilines is 1. The van der Waals surface area contributed by atoms with E-state index >= 15 is 0 Å². The SMILES string of the molecule is Cc1nc2ccc(NC(=O)CCCNC(=O)C(C)(C)C)cc2s1. The summed E-state index contributed by atoms with van der Waals surface area (Å²) in [6, 6.07) is 5.72. The molecule has 0 radical (unpaired) electrons. The van der Waals surface area contributed by atoms with Gasteiger partial charge in [0.05, 0.1) is 15.2 Å². The molecule has 2 amide bonds. The maximum atomic E-state index is 12.0. The van der Waals surface area contributed by atoms with Gasteiger partial charge >= 0.3 is 0 Å². The number of fused-ring (bicyclic) bond motifs is 1. The fourth-order valence-electron chi connectivity index (χ4n) is 2.06. The number of aromatic nitrogens is 1. The second kappa shape index (κ2) is 7.08. The zero-order valence-corrected chi connectivity index (χ0v) is 14.8. The lowest BCUT2D eigenvalue weighted by Gasteiger charge is -2.17. The third-order valence-electron chi connectivity index (χ3n) is 3.33. The molecule has 0 aliphatic carbocycles. The second-order valence-electron chi connectivity index (χ2n) is 6.57. The average Bonchev–Trinajstić information content (AvgIpc) is 2.81. The van der Waals surface area contributed by atoms with Gasteiger partial charge in [0.2, 0.25) is 11.8 Å². The highest BCUT2D eigenvalue weighted by Gasteiger charge is 2.20. The van der Waals surface area contributed by atoms with Crippen molar-refractivity contribution in [1.82, 2.24) is 10.3 Å². The summed E-state index contributed by atoms with van der Waals surface area (Å²) in [5, 5.41) is 6.74. The van der Waals surface area contributed by atoms with Gasteiger partial charge in [-0.2, -0.15) is 0 Å². The van der Waals surface area contributed by atoms with Crippen LogP contribution in [0.5, 0.6) is 0 Å². The Balaban J connectivity index is 1.79. The minimum absolute atomic E-state index is 0.00363. The Morgan fingerprint density at radius 2 is 2.00 bits per heavy atom. The third kappa shape index (κ3) is 5.03. The molecular weight excluding hydrogens is 310 g/mol. The predicted molar refractivity (Wildman–Crippen MR) is 94.7 cm³/mol. The lowest BCUT2D eigenvalue weighted by molar-refractivity contribution is -0.128. The van der Waals surface area contributed by atoms with Gasteiger partial charge in [-0.3, -0.25) is 9.59 Å². The van der Waals surface area contributed by atoms with Crippen LogP contribution in [0.1, 0.15) is 38.6 Å². The highest BCUT2D eigenvalue weighted by atomic mass is 32.1. The number of carbonyl (C=O) groups is 2. The average molecular weight is 333 g/mol. The molecule has 1 aromatic heterocycles. The van der Waals surface area contributed by atoms with Crippen molar-refractivity contribution in [1.29, 1.82) is 0 Å². The number of hydrogen-bond acceptors (Lipinski definition) is 4. The van der Waals surface area contributed by atoms with Crippen LogP contribution in [0.4, 0.5) is 5.69 Å². The van der Waals surface area contributed by atoms with Crippen molar-refractivity contribution in [3.8, 4) is 0 Å². The Kier molecular flexibility index (Phi) is 5.36. The smallest absolute Gasteiger partial charge is 0.225 e. The van der Waals surface area contributed by atoms with Crippen LogP contribution in [0.2, 0.25) is 0 Å². The van der Waals surface area contributed by atoms with Gasteiger partial charge in [0.25, 0.3) is 0 Å². The van der Waals surface area contributed by atoms with Crippen molar-refractivity contribution in [3.05, 3.63) is 23.2 Å². The first-order valence-electron chi connectivity index (χ1n) is 7.71.